The highest BCUT2D eigenvalue weighted by atomic mass is 16.5. The van der Waals surface area contributed by atoms with Gasteiger partial charge in [-0.25, -0.2) is 0 Å². The molecular weight excluding hydrogens is 248 g/mol. The van der Waals surface area contributed by atoms with Crippen LogP contribution in [0.4, 0.5) is 5.69 Å². The van der Waals surface area contributed by atoms with E-state index >= 15 is 0 Å². The molecule has 0 saturated carbocycles. The van der Waals surface area contributed by atoms with Crippen molar-refractivity contribution in [3.8, 4) is 11.5 Å². The number of hydrogen-bond acceptors (Lipinski definition) is 5. The molecule has 0 aromatic heterocycles. The summed E-state index contributed by atoms with van der Waals surface area (Å²) < 4.78 is 10.3. The zero-order chi connectivity index (χ0) is 13.7. The van der Waals surface area contributed by atoms with Crippen molar-refractivity contribution in [3.05, 3.63) is 18.2 Å². The number of carbonyl (C=O) groups excluding carboxylic acids is 1. The van der Waals surface area contributed by atoms with Crippen molar-refractivity contribution in [2.24, 2.45) is 0 Å². The first-order chi connectivity index (χ1) is 9.19. The van der Waals surface area contributed by atoms with Crippen molar-refractivity contribution in [2.45, 2.75) is 12.5 Å². The first kappa shape index (κ1) is 13.6. The lowest BCUT2D eigenvalue weighted by molar-refractivity contribution is -0.117. The molecule has 0 radical (unpaired) electrons. The number of phenols is 1. The topological polar surface area (TPSA) is 79.8 Å². The number of nitrogens with one attached hydrogen (secondary N) is 2. The second-order valence-corrected chi connectivity index (χ2v) is 4.36. The van der Waals surface area contributed by atoms with Crippen LogP contribution in [0.5, 0.6) is 11.5 Å². The van der Waals surface area contributed by atoms with E-state index in [1.165, 1.54) is 13.2 Å². The first-order valence-corrected chi connectivity index (χ1v) is 6.17. The van der Waals surface area contributed by atoms with Gasteiger partial charge in [-0.05, 0) is 12.1 Å². The van der Waals surface area contributed by atoms with E-state index in [0.29, 0.717) is 31.1 Å². The van der Waals surface area contributed by atoms with Crippen molar-refractivity contribution < 1.29 is 19.4 Å². The van der Waals surface area contributed by atoms with E-state index in [1.54, 1.807) is 12.1 Å². The number of ether oxygens (including phenoxy) is 2. The maximum absolute atomic E-state index is 11.8. The summed E-state index contributed by atoms with van der Waals surface area (Å²) in [5, 5.41) is 15.6. The summed E-state index contributed by atoms with van der Waals surface area (Å²) in [4.78, 5) is 11.8. The number of methoxy groups -OCH3 is 1. The molecule has 0 spiro atoms. The van der Waals surface area contributed by atoms with Gasteiger partial charge >= 0.3 is 0 Å². The third kappa shape index (κ3) is 3.84. The maximum atomic E-state index is 11.8. The molecule has 1 aliphatic rings. The summed E-state index contributed by atoms with van der Waals surface area (Å²) in [6.07, 6.45) is 0.311. The molecule has 1 aromatic carbocycles. The van der Waals surface area contributed by atoms with Gasteiger partial charge in [0.25, 0.3) is 0 Å². The van der Waals surface area contributed by atoms with Gasteiger partial charge in [0.1, 0.15) is 11.5 Å². The number of hydrogen-bond donors (Lipinski definition) is 3. The zero-order valence-electron chi connectivity index (χ0n) is 10.8. The van der Waals surface area contributed by atoms with Gasteiger partial charge in [-0.3, -0.25) is 4.79 Å². The fourth-order valence-corrected chi connectivity index (χ4v) is 1.92. The summed E-state index contributed by atoms with van der Waals surface area (Å²) in [5.74, 6) is 0.363. The minimum absolute atomic E-state index is 0.0134. The third-order valence-corrected chi connectivity index (χ3v) is 2.91. The fraction of sp³-hybridized carbons (Fsp3) is 0.462. The highest BCUT2D eigenvalue weighted by Crippen LogP contribution is 2.27. The number of aromatic hydroxyl groups is 1. The number of phenolic OH excluding ortho intramolecular Hbond substituents is 1. The average molecular weight is 266 g/mol. The van der Waals surface area contributed by atoms with Gasteiger partial charge in [-0.1, -0.05) is 0 Å². The Morgan fingerprint density at radius 3 is 3.11 bits per heavy atom. The lowest BCUT2D eigenvalue weighted by Crippen LogP contribution is -2.43. The Morgan fingerprint density at radius 2 is 2.47 bits per heavy atom. The molecule has 2 rings (SSSR count). The molecule has 6 heteroatoms. The van der Waals surface area contributed by atoms with Crippen LogP contribution in [0, 0.1) is 0 Å². The lowest BCUT2D eigenvalue weighted by Gasteiger charge is -2.23. The predicted molar refractivity (Wildman–Crippen MR) is 70.5 cm³/mol. The van der Waals surface area contributed by atoms with Crippen LogP contribution in [-0.4, -0.2) is 43.9 Å². The SMILES string of the molecule is COc1ccc(NC(=O)CC2COCCN2)c(O)c1. The number of anilines is 1. The van der Waals surface area contributed by atoms with Crippen LogP contribution in [0.25, 0.3) is 0 Å². The monoisotopic (exact) mass is 266 g/mol. The van der Waals surface area contributed by atoms with Crippen LogP contribution >= 0.6 is 0 Å². The second kappa shape index (κ2) is 6.40. The Hall–Kier alpha value is -1.79. The van der Waals surface area contributed by atoms with Crippen LogP contribution in [0.2, 0.25) is 0 Å². The van der Waals surface area contributed by atoms with Crippen LogP contribution in [0.1, 0.15) is 6.42 Å². The van der Waals surface area contributed by atoms with E-state index < -0.39 is 0 Å². The van der Waals surface area contributed by atoms with Gasteiger partial charge in [0, 0.05) is 25.1 Å². The number of carbonyl (C=O) groups is 1. The van der Waals surface area contributed by atoms with E-state index in [4.69, 9.17) is 9.47 Å². The average Bonchev–Trinajstić information content (AvgIpc) is 2.42. The molecule has 1 fully saturated rings. The molecule has 1 amide bonds. The van der Waals surface area contributed by atoms with E-state index in [2.05, 4.69) is 10.6 Å². The van der Waals surface area contributed by atoms with Gasteiger partial charge in [-0.15, -0.1) is 0 Å². The Balaban J connectivity index is 1.91. The Bertz CT molecular complexity index is 444. The molecule has 1 aromatic rings. The van der Waals surface area contributed by atoms with Crippen molar-refractivity contribution in [3.63, 3.8) is 0 Å². The molecular formula is C13H18N2O4. The van der Waals surface area contributed by atoms with Gasteiger partial charge in [-0.2, -0.15) is 0 Å². The fourth-order valence-electron chi connectivity index (χ4n) is 1.92. The number of morpholine rings is 1. The molecule has 1 saturated heterocycles. The number of rotatable bonds is 4. The minimum Gasteiger partial charge on any atom is -0.506 e. The van der Waals surface area contributed by atoms with Crippen LogP contribution in [0.3, 0.4) is 0 Å². The first-order valence-electron chi connectivity index (χ1n) is 6.17. The molecule has 19 heavy (non-hydrogen) atoms. The van der Waals surface area contributed by atoms with E-state index in [-0.39, 0.29) is 17.7 Å². The molecule has 0 bridgehead atoms. The molecule has 6 nitrogen and oxygen atoms in total. The number of benzene rings is 1. The Morgan fingerprint density at radius 1 is 1.63 bits per heavy atom. The second-order valence-electron chi connectivity index (χ2n) is 4.36. The molecule has 1 atom stereocenters. The quantitative estimate of drug-likeness (QED) is 0.700. The molecule has 1 heterocycles. The smallest absolute Gasteiger partial charge is 0.226 e. The zero-order valence-corrected chi connectivity index (χ0v) is 10.8. The van der Waals surface area contributed by atoms with E-state index in [0.717, 1.165) is 6.54 Å². The van der Waals surface area contributed by atoms with Crippen molar-refractivity contribution in [2.75, 3.05) is 32.2 Å². The molecule has 1 aliphatic heterocycles. The Labute approximate surface area is 111 Å². The van der Waals surface area contributed by atoms with Gasteiger partial charge in [0.05, 0.1) is 26.0 Å². The van der Waals surface area contributed by atoms with E-state index in [1.807, 2.05) is 0 Å². The summed E-state index contributed by atoms with van der Waals surface area (Å²) in [7, 11) is 1.52. The molecule has 1 unspecified atom stereocenters. The summed E-state index contributed by atoms with van der Waals surface area (Å²) >= 11 is 0. The minimum atomic E-state index is -0.163. The van der Waals surface area contributed by atoms with Gasteiger partial charge in [0.2, 0.25) is 5.91 Å². The Kier molecular flexibility index (Phi) is 4.59. The number of amides is 1. The highest BCUT2D eigenvalue weighted by molar-refractivity contribution is 5.92. The largest absolute Gasteiger partial charge is 0.506 e. The summed E-state index contributed by atoms with van der Waals surface area (Å²) in [6, 6.07) is 4.76. The van der Waals surface area contributed by atoms with Crippen LogP contribution < -0.4 is 15.4 Å². The predicted octanol–water partition coefficient (Wildman–Crippen LogP) is 0.718. The summed E-state index contributed by atoms with van der Waals surface area (Å²) in [5.41, 5.74) is 0.377. The lowest BCUT2D eigenvalue weighted by atomic mass is 10.2. The van der Waals surface area contributed by atoms with Gasteiger partial charge in [0.15, 0.2) is 0 Å². The van der Waals surface area contributed by atoms with E-state index in [9.17, 15) is 9.90 Å². The molecule has 3 N–H and O–H groups in total. The molecule has 104 valence electrons. The van der Waals surface area contributed by atoms with Crippen LogP contribution in [-0.2, 0) is 9.53 Å². The highest BCUT2D eigenvalue weighted by Gasteiger charge is 2.17. The van der Waals surface area contributed by atoms with Crippen molar-refractivity contribution in [1.29, 1.82) is 0 Å². The normalized spacial score (nSPS) is 18.9. The standard InChI is InChI=1S/C13H18N2O4/c1-18-10-2-3-11(12(16)7-10)15-13(17)6-9-8-19-5-4-14-9/h2-3,7,9,14,16H,4-6,8H2,1H3,(H,15,17). The van der Waals surface area contributed by atoms with Gasteiger partial charge < -0.3 is 25.2 Å². The van der Waals surface area contributed by atoms with Crippen LogP contribution in [0.15, 0.2) is 18.2 Å². The summed E-state index contributed by atoms with van der Waals surface area (Å²) in [6.45, 7) is 1.96. The molecule has 0 aliphatic carbocycles. The maximum Gasteiger partial charge on any atom is 0.226 e. The van der Waals surface area contributed by atoms with Crippen molar-refractivity contribution >= 4 is 11.6 Å². The third-order valence-electron chi connectivity index (χ3n) is 2.91. The van der Waals surface area contributed by atoms with Crippen molar-refractivity contribution in [1.82, 2.24) is 5.32 Å².